The van der Waals surface area contributed by atoms with Crippen molar-refractivity contribution < 1.29 is 24.8 Å². The summed E-state index contributed by atoms with van der Waals surface area (Å²) in [5, 5.41) is 18.8. The van der Waals surface area contributed by atoms with Gasteiger partial charge in [-0.3, -0.25) is 4.98 Å². The normalized spacial score (nSPS) is 10.5. The van der Waals surface area contributed by atoms with E-state index >= 15 is 0 Å². The van der Waals surface area contributed by atoms with Gasteiger partial charge in [0.1, 0.15) is 11.5 Å². The minimum atomic E-state index is 0. The number of pyridine rings is 2. The number of fused-ring (bicyclic) bond motifs is 3. The number of hydrogen-bond donors (Lipinski definition) is 0. The Labute approximate surface area is 285 Å². The van der Waals surface area contributed by atoms with Gasteiger partial charge in [-0.15, -0.1) is 46.1 Å². The molecule has 0 fully saturated rings. The molecular weight excluding hydrogens is 816 g/mol. The summed E-state index contributed by atoms with van der Waals surface area (Å²) in [6, 6.07) is 44.6. The molecule has 8 rings (SSSR count). The molecule has 0 spiro atoms. The van der Waals surface area contributed by atoms with Crippen LogP contribution in [0.2, 0.25) is 0 Å². The van der Waals surface area contributed by atoms with E-state index in [4.69, 9.17) is 4.74 Å². The van der Waals surface area contributed by atoms with Crippen molar-refractivity contribution in [2.75, 3.05) is 7.11 Å². The van der Waals surface area contributed by atoms with Crippen molar-refractivity contribution in [1.82, 2.24) is 30.4 Å². The fourth-order valence-corrected chi connectivity index (χ4v) is 7.74. The van der Waals surface area contributed by atoms with Gasteiger partial charge in [0, 0.05) is 26.3 Å². The summed E-state index contributed by atoms with van der Waals surface area (Å²) in [5.41, 5.74) is 6.08. The third kappa shape index (κ3) is 6.54. The predicted molar refractivity (Wildman–Crippen MR) is 178 cm³/mol. The molecule has 0 N–H and O–H groups in total. The first kappa shape index (κ1) is 31.1. The van der Waals surface area contributed by atoms with Crippen LogP contribution in [0, 0.1) is 12.1 Å². The van der Waals surface area contributed by atoms with E-state index in [0.29, 0.717) is 17.3 Å². The van der Waals surface area contributed by atoms with Gasteiger partial charge in [-0.2, -0.15) is 10.2 Å². The number of benzene rings is 4. The Balaban J connectivity index is 0.000000171. The largest absolute Gasteiger partial charge is 0.253 e. The van der Waals surface area contributed by atoms with Crippen LogP contribution in [0.4, 0.5) is 0 Å². The molecule has 0 aliphatic carbocycles. The summed E-state index contributed by atoms with van der Waals surface area (Å²) in [4.78, 5) is 8.69. The standard InChI is InChI=1S/C24H16NOSe.C13H8N5.Ir/c1-26-17-13-11-16(12-14-17)18-6-4-7-19-20-8-5-9-21(24(20)27-23(18)19)22-10-2-3-15-25-22;1-2-6-10(7-3-1)12-15-17-13(18-16-12)11-8-4-5-9-14-11;/h2-8,10-15H,1H3;1-6,8-9H;/q2*-1;. The number of methoxy groups -OCH3 is 1. The molecular formula is C37H24IrN6OSe-2. The molecule has 0 saturated carbocycles. The van der Waals surface area contributed by atoms with E-state index in [-0.39, 0.29) is 34.6 Å². The van der Waals surface area contributed by atoms with Crippen LogP contribution in [0.15, 0.2) is 128 Å². The van der Waals surface area contributed by atoms with Gasteiger partial charge in [0.2, 0.25) is 5.82 Å². The van der Waals surface area contributed by atoms with Gasteiger partial charge in [0.25, 0.3) is 0 Å². The molecule has 1 radical (unpaired) electrons. The zero-order valence-electron chi connectivity index (χ0n) is 24.5. The fraction of sp³-hybridized carbons (Fsp3) is 0.0270. The molecule has 0 amide bonds. The van der Waals surface area contributed by atoms with Crippen LogP contribution in [0.25, 0.3) is 64.6 Å². The smallest absolute Gasteiger partial charge is 0.220 e. The van der Waals surface area contributed by atoms with Crippen LogP contribution in [0.3, 0.4) is 0 Å². The monoisotopic (exact) mass is 841 g/mol. The molecule has 4 aromatic heterocycles. The molecule has 0 aliphatic heterocycles. The molecule has 0 aliphatic rings. The second-order valence-electron chi connectivity index (χ2n) is 9.86. The summed E-state index contributed by atoms with van der Waals surface area (Å²) in [6.45, 7) is 0. The Morgan fingerprint density at radius 1 is 0.587 bits per heavy atom. The topological polar surface area (TPSA) is 86.6 Å². The minimum Gasteiger partial charge on any atom is -0.253 e. The number of nitrogens with zero attached hydrogens (tertiary/aromatic N) is 6. The van der Waals surface area contributed by atoms with Crippen molar-refractivity contribution in [2.24, 2.45) is 0 Å². The van der Waals surface area contributed by atoms with Crippen molar-refractivity contribution in [3.8, 4) is 51.0 Å². The van der Waals surface area contributed by atoms with Gasteiger partial charge < -0.3 is 0 Å². The van der Waals surface area contributed by atoms with Crippen LogP contribution in [0.5, 0.6) is 5.75 Å². The van der Waals surface area contributed by atoms with Crippen LogP contribution in [0.1, 0.15) is 0 Å². The number of aromatic nitrogens is 6. The van der Waals surface area contributed by atoms with E-state index < -0.39 is 0 Å². The fourth-order valence-electron chi connectivity index (χ4n) is 4.93. The number of rotatable bonds is 5. The van der Waals surface area contributed by atoms with Gasteiger partial charge >= 0.3 is 164 Å². The maximum absolute atomic E-state index is 5.31. The minimum absolute atomic E-state index is 0. The van der Waals surface area contributed by atoms with Crippen molar-refractivity contribution in [3.05, 3.63) is 140 Å². The second-order valence-corrected chi connectivity index (χ2v) is 12.0. The molecule has 0 saturated heterocycles. The van der Waals surface area contributed by atoms with Gasteiger partial charge in [0.05, 0.1) is 0 Å². The molecule has 8 aromatic rings. The van der Waals surface area contributed by atoms with E-state index in [0.717, 1.165) is 22.6 Å². The molecule has 0 bridgehead atoms. The Morgan fingerprint density at radius 3 is 1.96 bits per heavy atom. The molecule has 4 aromatic carbocycles. The van der Waals surface area contributed by atoms with E-state index in [1.165, 1.54) is 30.4 Å². The first-order chi connectivity index (χ1) is 22.3. The summed E-state index contributed by atoms with van der Waals surface area (Å²) in [5.74, 6) is 1.75. The SMILES string of the molecule is COc1ccc(-c2cccc3c2[se]c2c(-c4ccccn4)[c-]ccc23)cc1.[Ir].[c-]1ccccc1-c1nnc(-c2ccccn2)nn1. The van der Waals surface area contributed by atoms with Gasteiger partial charge in [-0.05, 0) is 12.1 Å². The maximum Gasteiger partial charge on any atom is 0.220 e. The molecule has 225 valence electrons. The number of hydrogen-bond acceptors (Lipinski definition) is 7. The molecule has 4 heterocycles. The molecule has 9 heteroatoms. The van der Waals surface area contributed by atoms with Crippen LogP contribution >= 0.6 is 0 Å². The van der Waals surface area contributed by atoms with Crippen molar-refractivity contribution in [1.29, 1.82) is 0 Å². The third-order valence-electron chi connectivity index (χ3n) is 7.10. The first-order valence-electron chi connectivity index (χ1n) is 14.2. The Hall–Kier alpha value is -4.91. The molecule has 0 unspecified atom stereocenters. The maximum atomic E-state index is 5.31. The summed E-state index contributed by atoms with van der Waals surface area (Å²) in [7, 11) is 1.70. The average molecular weight is 840 g/mol. The second kappa shape index (κ2) is 14.5. The van der Waals surface area contributed by atoms with Crippen molar-refractivity contribution in [3.63, 3.8) is 0 Å². The van der Waals surface area contributed by atoms with E-state index in [2.05, 4.69) is 85.0 Å². The van der Waals surface area contributed by atoms with Crippen molar-refractivity contribution >= 4 is 33.8 Å². The molecule has 0 atom stereocenters. The van der Waals surface area contributed by atoms with Crippen molar-refractivity contribution in [2.45, 2.75) is 0 Å². The summed E-state index contributed by atoms with van der Waals surface area (Å²) >= 11 is 0.214. The van der Waals surface area contributed by atoms with Gasteiger partial charge in [-0.25, -0.2) is 0 Å². The van der Waals surface area contributed by atoms with Gasteiger partial charge in [-0.1, -0.05) is 6.07 Å². The average Bonchev–Trinajstić information content (AvgIpc) is 3.52. The summed E-state index contributed by atoms with van der Waals surface area (Å²) < 4.78 is 8.11. The number of ether oxygens (including phenoxy) is 1. The van der Waals surface area contributed by atoms with Gasteiger partial charge in [0.15, 0.2) is 0 Å². The Kier molecular flexibility index (Phi) is 9.77. The van der Waals surface area contributed by atoms with E-state index in [1.54, 1.807) is 19.4 Å². The molecule has 7 nitrogen and oxygen atoms in total. The zero-order chi connectivity index (χ0) is 30.4. The van der Waals surface area contributed by atoms with E-state index in [1.807, 2.05) is 72.9 Å². The first-order valence-corrected chi connectivity index (χ1v) is 15.9. The Morgan fingerprint density at radius 2 is 1.28 bits per heavy atom. The quantitative estimate of drug-likeness (QED) is 0.132. The summed E-state index contributed by atoms with van der Waals surface area (Å²) in [6.07, 6.45) is 3.53. The van der Waals surface area contributed by atoms with Crippen LogP contribution in [-0.2, 0) is 20.1 Å². The molecule has 46 heavy (non-hydrogen) atoms. The zero-order valence-corrected chi connectivity index (χ0v) is 28.6. The van der Waals surface area contributed by atoms with Crippen LogP contribution in [-0.4, -0.2) is 52.0 Å². The Bertz CT molecular complexity index is 2120. The third-order valence-corrected chi connectivity index (χ3v) is 9.77. The predicted octanol–water partition coefficient (Wildman–Crippen LogP) is 7.38. The van der Waals surface area contributed by atoms with Crippen LogP contribution < -0.4 is 4.74 Å². The van der Waals surface area contributed by atoms with E-state index in [9.17, 15) is 0 Å².